The standard InChI is InChI=1S/C20H17F3N6OS/c1-2-11-28-19(25-26-27-28)31-14-18(30)29(24-13-15-7-4-3-5-8-15)17-10-6-9-16(12-17)20(21,22)23/h2-10,12-13H,1,11,14H2. The maximum atomic E-state index is 13.2. The summed E-state index contributed by atoms with van der Waals surface area (Å²) < 4.78 is 40.9. The summed E-state index contributed by atoms with van der Waals surface area (Å²) in [5.41, 5.74) is -0.187. The third kappa shape index (κ3) is 6.01. The van der Waals surface area contributed by atoms with Crippen LogP contribution in [-0.2, 0) is 17.5 Å². The molecule has 160 valence electrons. The van der Waals surface area contributed by atoms with Crippen LogP contribution in [0.3, 0.4) is 0 Å². The Morgan fingerprint density at radius 1 is 1.19 bits per heavy atom. The lowest BCUT2D eigenvalue weighted by atomic mass is 10.2. The molecule has 3 aromatic rings. The Morgan fingerprint density at radius 2 is 1.97 bits per heavy atom. The first-order chi connectivity index (χ1) is 14.9. The lowest BCUT2D eigenvalue weighted by Crippen LogP contribution is -2.28. The topological polar surface area (TPSA) is 76.3 Å². The van der Waals surface area contributed by atoms with Crippen molar-refractivity contribution in [2.45, 2.75) is 17.9 Å². The summed E-state index contributed by atoms with van der Waals surface area (Å²) in [7, 11) is 0. The number of anilines is 1. The van der Waals surface area contributed by atoms with Crippen LogP contribution in [0, 0.1) is 0 Å². The van der Waals surface area contributed by atoms with Gasteiger partial charge in [-0.15, -0.1) is 11.7 Å². The number of carbonyl (C=O) groups excluding carboxylic acids is 1. The number of halogens is 3. The van der Waals surface area contributed by atoms with Gasteiger partial charge < -0.3 is 0 Å². The molecule has 31 heavy (non-hydrogen) atoms. The van der Waals surface area contributed by atoms with Gasteiger partial charge in [-0.25, -0.2) is 9.69 Å². The summed E-state index contributed by atoms with van der Waals surface area (Å²) in [6.07, 6.45) is -1.54. The van der Waals surface area contributed by atoms with E-state index in [0.29, 0.717) is 17.3 Å². The van der Waals surface area contributed by atoms with E-state index in [1.807, 2.05) is 6.07 Å². The molecule has 1 heterocycles. The van der Waals surface area contributed by atoms with Gasteiger partial charge in [0.1, 0.15) is 0 Å². The maximum Gasteiger partial charge on any atom is 0.416 e. The van der Waals surface area contributed by atoms with Gasteiger partial charge in [0.25, 0.3) is 5.91 Å². The van der Waals surface area contributed by atoms with Crippen molar-refractivity contribution in [1.82, 2.24) is 20.2 Å². The molecule has 1 amide bonds. The number of thioether (sulfide) groups is 1. The molecule has 0 bridgehead atoms. The van der Waals surface area contributed by atoms with Crippen LogP contribution < -0.4 is 5.01 Å². The minimum Gasteiger partial charge on any atom is -0.272 e. The molecule has 0 saturated heterocycles. The van der Waals surface area contributed by atoms with E-state index in [1.165, 1.54) is 23.0 Å². The zero-order valence-corrected chi connectivity index (χ0v) is 16.9. The molecule has 11 heteroatoms. The number of amides is 1. The number of nitrogens with zero attached hydrogens (tertiary/aromatic N) is 6. The van der Waals surface area contributed by atoms with E-state index in [2.05, 4.69) is 27.2 Å². The molecule has 0 fully saturated rings. The SMILES string of the molecule is C=CCn1nnnc1SCC(=O)N(N=Cc1ccccc1)c1cccc(C(F)(F)F)c1. The van der Waals surface area contributed by atoms with Crippen LogP contribution in [0.1, 0.15) is 11.1 Å². The quantitative estimate of drug-likeness (QED) is 0.226. The third-order valence-electron chi connectivity index (χ3n) is 3.90. The monoisotopic (exact) mass is 446 g/mol. The van der Waals surface area contributed by atoms with Gasteiger partial charge in [-0.2, -0.15) is 18.3 Å². The Bertz CT molecular complexity index is 1070. The number of carbonyl (C=O) groups is 1. The maximum absolute atomic E-state index is 13.2. The van der Waals surface area contributed by atoms with Crippen LogP contribution in [-0.4, -0.2) is 38.1 Å². The predicted octanol–water partition coefficient (Wildman–Crippen LogP) is 4.04. The van der Waals surface area contributed by atoms with Gasteiger partial charge in [-0.1, -0.05) is 54.2 Å². The number of hydrazone groups is 1. The molecular formula is C20H17F3N6OS. The number of allylic oxidation sites excluding steroid dienone is 1. The average molecular weight is 446 g/mol. The van der Waals surface area contributed by atoms with Gasteiger partial charge in [0.05, 0.1) is 29.8 Å². The van der Waals surface area contributed by atoms with Crippen molar-refractivity contribution < 1.29 is 18.0 Å². The summed E-state index contributed by atoms with van der Waals surface area (Å²) >= 11 is 1.05. The molecule has 3 rings (SSSR count). The van der Waals surface area contributed by atoms with Crippen LogP contribution in [0.5, 0.6) is 0 Å². The highest BCUT2D eigenvalue weighted by atomic mass is 32.2. The van der Waals surface area contributed by atoms with E-state index in [4.69, 9.17) is 0 Å². The highest BCUT2D eigenvalue weighted by Gasteiger charge is 2.31. The molecule has 2 aromatic carbocycles. The van der Waals surface area contributed by atoms with E-state index in [0.717, 1.165) is 28.9 Å². The summed E-state index contributed by atoms with van der Waals surface area (Å²) in [4.78, 5) is 12.9. The molecule has 0 aliphatic rings. The Morgan fingerprint density at radius 3 is 2.68 bits per heavy atom. The minimum atomic E-state index is -4.55. The van der Waals surface area contributed by atoms with E-state index >= 15 is 0 Å². The van der Waals surface area contributed by atoms with Crippen LogP contribution in [0.4, 0.5) is 18.9 Å². The Balaban J connectivity index is 1.86. The van der Waals surface area contributed by atoms with Gasteiger partial charge in [0.15, 0.2) is 0 Å². The second-order valence-electron chi connectivity index (χ2n) is 6.13. The van der Waals surface area contributed by atoms with E-state index in [1.54, 1.807) is 30.3 Å². The second kappa shape index (κ2) is 10.0. The first-order valence-corrected chi connectivity index (χ1v) is 9.96. The summed E-state index contributed by atoms with van der Waals surface area (Å²) in [6.45, 7) is 3.96. The van der Waals surface area contributed by atoms with Gasteiger partial charge in [0, 0.05) is 0 Å². The number of hydrogen-bond acceptors (Lipinski definition) is 6. The third-order valence-corrected chi connectivity index (χ3v) is 4.84. The highest BCUT2D eigenvalue weighted by molar-refractivity contribution is 7.99. The Hall–Kier alpha value is -3.47. The predicted molar refractivity (Wildman–Crippen MR) is 112 cm³/mol. The van der Waals surface area contributed by atoms with E-state index in [-0.39, 0.29) is 11.4 Å². The highest BCUT2D eigenvalue weighted by Crippen LogP contribution is 2.32. The molecule has 0 aliphatic heterocycles. The molecule has 7 nitrogen and oxygen atoms in total. The Labute approximate surface area is 180 Å². The van der Waals surface area contributed by atoms with Crippen molar-refractivity contribution in [3.8, 4) is 0 Å². The van der Waals surface area contributed by atoms with Gasteiger partial charge >= 0.3 is 6.18 Å². The van der Waals surface area contributed by atoms with Crippen LogP contribution in [0.15, 0.2) is 77.5 Å². The zero-order chi connectivity index (χ0) is 22.3. The smallest absolute Gasteiger partial charge is 0.272 e. The zero-order valence-electron chi connectivity index (χ0n) is 16.1. The molecule has 0 spiro atoms. The molecule has 0 aliphatic carbocycles. The molecule has 0 N–H and O–H groups in total. The number of tetrazole rings is 1. The van der Waals surface area contributed by atoms with Gasteiger partial charge in [-0.3, -0.25) is 4.79 Å². The van der Waals surface area contributed by atoms with Crippen LogP contribution in [0.25, 0.3) is 0 Å². The summed E-state index contributed by atoms with van der Waals surface area (Å²) in [5, 5.41) is 16.6. The molecule has 0 unspecified atom stereocenters. The van der Waals surface area contributed by atoms with Gasteiger partial charge in [0.2, 0.25) is 5.16 Å². The molecule has 0 radical (unpaired) electrons. The second-order valence-corrected chi connectivity index (χ2v) is 7.07. The fourth-order valence-corrected chi connectivity index (χ4v) is 3.21. The van der Waals surface area contributed by atoms with Crippen LogP contribution in [0.2, 0.25) is 0 Å². The first kappa shape index (κ1) is 22.2. The molecule has 1 aromatic heterocycles. The fraction of sp³-hybridized carbons (Fsp3) is 0.150. The van der Waals surface area contributed by atoms with Crippen molar-refractivity contribution in [2.75, 3.05) is 10.8 Å². The first-order valence-electron chi connectivity index (χ1n) is 8.97. The van der Waals surface area contributed by atoms with Crippen LogP contribution >= 0.6 is 11.8 Å². The van der Waals surface area contributed by atoms with Crippen molar-refractivity contribution in [3.63, 3.8) is 0 Å². The lowest BCUT2D eigenvalue weighted by molar-refractivity contribution is -0.137. The average Bonchev–Trinajstić information content (AvgIpc) is 3.20. The minimum absolute atomic E-state index is 0.00158. The number of rotatable bonds is 8. The molecule has 0 saturated carbocycles. The Kier molecular flexibility index (Phi) is 7.19. The van der Waals surface area contributed by atoms with Crippen molar-refractivity contribution in [3.05, 3.63) is 78.4 Å². The van der Waals surface area contributed by atoms with Crippen molar-refractivity contribution in [1.29, 1.82) is 0 Å². The summed E-state index contributed by atoms with van der Waals surface area (Å²) in [5.74, 6) is -0.676. The van der Waals surface area contributed by atoms with E-state index in [9.17, 15) is 18.0 Å². The number of aromatic nitrogens is 4. The number of benzene rings is 2. The van der Waals surface area contributed by atoms with E-state index < -0.39 is 17.6 Å². The molecule has 0 atom stereocenters. The molecular weight excluding hydrogens is 429 g/mol. The van der Waals surface area contributed by atoms with Crippen molar-refractivity contribution >= 4 is 29.6 Å². The number of alkyl halides is 3. The number of hydrogen-bond donors (Lipinski definition) is 0. The lowest BCUT2D eigenvalue weighted by Gasteiger charge is -2.18. The fourth-order valence-electron chi connectivity index (χ4n) is 2.48. The largest absolute Gasteiger partial charge is 0.416 e. The van der Waals surface area contributed by atoms with Gasteiger partial charge in [-0.05, 0) is 34.2 Å². The summed E-state index contributed by atoms with van der Waals surface area (Å²) in [6, 6.07) is 13.3. The normalized spacial score (nSPS) is 11.6. The van der Waals surface area contributed by atoms with Crippen molar-refractivity contribution in [2.24, 2.45) is 5.10 Å².